The minimum Gasteiger partial charge on any atom is -0.494 e. The molecule has 80 heavy (non-hydrogen) atoms. The first kappa shape index (κ1) is 58.4. The lowest BCUT2D eigenvalue weighted by Gasteiger charge is -2.26. The highest BCUT2D eigenvalue weighted by Crippen LogP contribution is 2.46. The van der Waals surface area contributed by atoms with Crippen molar-refractivity contribution in [1.29, 1.82) is 0 Å². The number of thiophene rings is 1. The zero-order chi connectivity index (χ0) is 56.4. The number of hydrogen-bond donors (Lipinski definition) is 0. The largest absolute Gasteiger partial charge is 0.494 e. The zero-order valence-electron chi connectivity index (χ0n) is 45.6. The summed E-state index contributed by atoms with van der Waals surface area (Å²) in [6.07, 6.45) is 12.9. The number of hydrogen-bond acceptors (Lipinski definition) is 16. The Morgan fingerprint density at radius 3 is 1.36 bits per heavy atom. The average Bonchev–Trinajstić information content (AvgIpc) is 4.27. The molecule has 2 aromatic heterocycles. The van der Waals surface area contributed by atoms with E-state index in [1.54, 1.807) is 60.7 Å². The number of fused-ring (bicyclic) bond motifs is 2. The Labute approximate surface area is 470 Å². The molecule has 0 amide bonds. The number of carbonyl (C=O) groups excluding carboxylic acids is 6. The third-order valence-electron chi connectivity index (χ3n) is 14.6. The molecule has 0 aliphatic heterocycles. The van der Waals surface area contributed by atoms with Crippen molar-refractivity contribution in [3.63, 3.8) is 0 Å². The van der Waals surface area contributed by atoms with E-state index in [9.17, 15) is 28.8 Å². The van der Waals surface area contributed by atoms with Crippen LogP contribution in [-0.2, 0) is 38.2 Å². The van der Waals surface area contributed by atoms with Crippen LogP contribution in [0.3, 0.4) is 0 Å². The van der Waals surface area contributed by atoms with Crippen molar-refractivity contribution < 1.29 is 71.1 Å². The SMILES string of the molecule is C=CC(=O)OCCCCCCOc1ccc(OC(=O)C2CCC(C(=O)Oc3ccc(OC(=O)C4CCC(C(=O)Oc5ccc(OCCCCCCOC(=O)C=C)cc5)CC4)c4sc(-c5cc6c(C)cc(C)cc6o5)cc34)CC2)cc1. The number of esters is 6. The Balaban J connectivity index is 0.821. The topological polar surface area (TPSA) is 189 Å². The summed E-state index contributed by atoms with van der Waals surface area (Å²) in [5.74, 6) is -0.493. The highest BCUT2D eigenvalue weighted by molar-refractivity contribution is 7.22. The molecule has 2 saturated carbocycles. The summed E-state index contributed by atoms with van der Waals surface area (Å²) in [5.41, 5.74) is 2.91. The molecular formula is C64H70O15S. The molecule has 2 fully saturated rings. The number of benzene rings is 4. The molecule has 16 heteroatoms. The van der Waals surface area contributed by atoms with Crippen LogP contribution in [0.15, 0.2) is 115 Å². The summed E-state index contributed by atoms with van der Waals surface area (Å²) in [6.45, 7) is 12.7. The maximum atomic E-state index is 13.9. The van der Waals surface area contributed by atoms with Gasteiger partial charge in [0.05, 0.1) is 59.7 Å². The van der Waals surface area contributed by atoms with Crippen molar-refractivity contribution in [2.24, 2.45) is 23.7 Å². The first-order valence-electron chi connectivity index (χ1n) is 27.8. The number of ether oxygens (including phenoxy) is 8. The van der Waals surface area contributed by atoms with Crippen molar-refractivity contribution in [2.75, 3.05) is 26.4 Å². The molecule has 0 saturated heterocycles. The lowest BCUT2D eigenvalue weighted by Crippen LogP contribution is -2.30. The molecule has 2 aliphatic rings. The van der Waals surface area contributed by atoms with Crippen LogP contribution in [-0.4, -0.2) is 62.2 Å². The third-order valence-corrected chi connectivity index (χ3v) is 15.7. The molecule has 2 aliphatic carbocycles. The first-order chi connectivity index (χ1) is 38.8. The van der Waals surface area contributed by atoms with Gasteiger partial charge in [0.1, 0.15) is 45.8 Å². The highest BCUT2D eigenvalue weighted by atomic mass is 32.1. The van der Waals surface area contributed by atoms with Crippen molar-refractivity contribution in [3.8, 4) is 45.1 Å². The van der Waals surface area contributed by atoms with E-state index >= 15 is 0 Å². The predicted octanol–water partition coefficient (Wildman–Crippen LogP) is 13.9. The Hall–Kier alpha value is -7.72. The van der Waals surface area contributed by atoms with Crippen LogP contribution in [0.5, 0.6) is 34.5 Å². The lowest BCUT2D eigenvalue weighted by molar-refractivity contribution is -0.145. The minimum atomic E-state index is -0.438. The van der Waals surface area contributed by atoms with E-state index in [0.717, 1.165) is 90.5 Å². The second-order valence-electron chi connectivity index (χ2n) is 20.5. The number of unbranched alkanes of at least 4 members (excludes halogenated alkanes) is 6. The van der Waals surface area contributed by atoms with E-state index in [-0.39, 0.29) is 23.8 Å². The average molecular weight is 1110 g/mol. The Kier molecular flexibility index (Phi) is 21.1. The Morgan fingerprint density at radius 2 is 0.900 bits per heavy atom. The van der Waals surface area contributed by atoms with Crippen LogP contribution in [0.25, 0.3) is 31.7 Å². The van der Waals surface area contributed by atoms with E-state index in [1.165, 1.54) is 11.3 Å². The van der Waals surface area contributed by atoms with Crippen molar-refractivity contribution >= 4 is 68.2 Å². The van der Waals surface area contributed by atoms with E-state index in [0.29, 0.717) is 128 Å². The monoisotopic (exact) mass is 1110 g/mol. The van der Waals surface area contributed by atoms with Crippen LogP contribution in [0.4, 0.5) is 0 Å². The fourth-order valence-corrected chi connectivity index (χ4v) is 11.1. The van der Waals surface area contributed by atoms with Gasteiger partial charge < -0.3 is 42.3 Å². The fraction of sp³-hybridized carbons (Fsp3) is 0.406. The molecule has 422 valence electrons. The van der Waals surface area contributed by atoms with Crippen LogP contribution >= 0.6 is 11.3 Å². The van der Waals surface area contributed by atoms with Crippen molar-refractivity contribution in [1.82, 2.24) is 0 Å². The molecule has 0 spiro atoms. The summed E-state index contributed by atoms with van der Waals surface area (Å²) in [7, 11) is 0. The van der Waals surface area contributed by atoms with Gasteiger partial charge in [0.2, 0.25) is 0 Å². The molecule has 2 heterocycles. The van der Waals surface area contributed by atoms with Gasteiger partial charge >= 0.3 is 35.8 Å². The van der Waals surface area contributed by atoms with E-state index in [4.69, 9.17) is 42.3 Å². The predicted molar refractivity (Wildman–Crippen MR) is 303 cm³/mol. The van der Waals surface area contributed by atoms with Crippen LogP contribution < -0.4 is 28.4 Å². The van der Waals surface area contributed by atoms with Gasteiger partial charge in [-0.2, -0.15) is 0 Å². The third kappa shape index (κ3) is 16.4. The second kappa shape index (κ2) is 28.9. The summed E-state index contributed by atoms with van der Waals surface area (Å²) in [4.78, 5) is 77.4. The molecule has 4 aromatic carbocycles. The standard InChI is InChI=1S/C64H70O15S/c1-5-58(65)73-35-13-9-7-11-33-71-47-23-27-49(28-24-47)75-61(67)43-15-19-45(20-16-43)63(69)78-53-31-32-54(60-52(53)40-57(80-60)56-39-51-42(4)37-41(3)38-55(51)77-56)79-64(70)46-21-17-44(18-22-46)62(68)76-50-29-25-48(26-30-50)72-34-12-8-10-14-36-74-59(66)6-2/h5-6,23-32,37-40,43-46H,1-2,7-22,33-36H2,3-4H3. The Bertz CT molecular complexity index is 2950. The van der Waals surface area contributed by atoms with Gasteiger partial charge in [0, 0.05) is 22.9 Å². The molecule has 6 aromatic rings. The normalized spacial score (nSPS) is 17.0. The summed E-state index contributed by atoms with van der Waals surface area (Å²) in [6, 6.07) is 25.2. The van der Waals surface area contributed by atoms with E-state index in [1.807, 2.05) is 32.0 Å². The molecule has 15 nitrogen and oxygen atoms in total. The maximum Gasteiger partial charge on any atom is 0.330 e. The van der Waals surface area contributed by atoms with Gasteiger partial charge in [-0.3, -0.25) is 19.2 Å². The molecule has 0 bridgehead atoms. The van der Waals surface area contributed by atoms with E-state index in [2.05, 4.69) is 19.2 Å². The molecule has 0 unspecified atom stereocenters. The van der Waals surface area contributed by atoms with Gasteiger partial charge in [-0.15, -0.1) is 11.3 Å². The number of furan rings is 1. The number of aryl methyl sites for hydroxylation is 2. The smallest absolute Gasteiger partial charge is 0.330 e. The van der Waals surface area contributed by atoms with Crippen LogP contribution in [0.2, 0.25) is 0 Å². The molecule has 0 N–H and O–H groups in total. The minimum absolute atomic E-state index is 0.322. The maximum absolute atomic E-state index is 13.9. The molecule has 8 rings (SSSR count). The van der Waals surface area contributed by atoms with Gasteiger partial charge in [-0.1, -0.05) is 19.2 Å². The van der Waals surface area contributed by atoms with E-state index < -0.39 is 35.7 Å². The number of carbonyl (C=O) groups is 6. The summed E-state index contributed by atoms with van der Waals surface area (Å²) in [5, 5.41) is 1.57. The van der Waals surface area contributed by atoms with Crippen molar-refractivity contribution in [3.05, 3.63) is 121 Å². The number of rotatable bonds is 27. The molecular weight excluding hydrogens is 1040 g/mol. The fourth-order valence-electron chi connectivity index (χ4n) is 10.1. The highest BCUT2D eigenvalue weighted by Gasteiger charge is 2.35. The zero-order valence-corrected chi connectivity index (χ0v) is 46.5. The van der Waals surface area contributed by atoms with Gasteiger partial charge in [-0.25, -0.2) is 9.59 Å². The lowest BCUT2D eigenvalue weighted by atomic mass is 9.82. The molecule has 0 atom stereocenters. The quantitative estimate of drug-likeness (QED) is 0.0205. The first-order valence-corrected chi connectivity index (χ1v) is 28.6. The van der Waals surface area contributed by atoms with Gasteiger partial charge in [-0.05, 0) is 207 Å². The second-order valence-corrected chi connectivity index (χ2v) is 21.6. The summed E-state index contributed by atoms with van der Waals surface area (Å²) >= 11 is 1.38. The van der Waals surface area contributed by atoms with Crippen LogP contribution in [0.1, 0.15) is 114 Å². The molecule has 0 radical (unpaired) electrons. The van der Waals surface area contributed by atoms with Crippen molar-refractivity contribution in [2.45, 2.75) is 117 Å². The summed E-state index contributed by atoms with van der Waals surface area (Å²) < 4.78 is 52.5. The van der Waals surface area contributed by atoms with Gasteiger partial charge in [0.25, 0.3) is 0 Å². The van der Waals surface area contributed by atoms with Crippen LogP contribution in [0, 0.1) is 37.5 Å². The Morgan fingerprint density at radius 1 is 0.487 bits per heavy atom. The van der Waals surface area contributed by atoms with Gasteiger partial charge in [0.15, 0.2) is 0 Å².